The minimum Gasteiger partial charge on any atom is -0.378 e. The molecule has 2 aromatic rings. The minimum absolute atomic E-state index is 0.142. The Hall–Kier alpha value is -1.59. The molecule has 0 saturated heterocycles. The summed E-state index contributed by atoms with van der Waals surface area (Å²) in [4.78, 5) is 8.21. The first-order valence-corrected chi connectivity index (χ1v) is 5.91. The van der Waals surface area contributed by atoms with E-state index in [0.717, 1.165) is 6.07 Å². The third kappa shape index (κ3) is 3.68. The average molecular weight is 285 g/mol. The summed E-state index contributed by atoms with van der Waals surface area (Å²) >= 11 is 5.86. The van der Waals surface area contributed by atoms with Gasteiger partial charge in [0.25, 0.3) is 0 Å². The molecule has 1 heterocycles. The van der Waals surface area contributed by atoms with E-state index in [1.54, 1.807) is 6.07 Å². The molecule has 0 aliphatic heterocycles. The van der Waals surface area contributed by atoms with Gasteiger partial charge in [-0.1, -0.05) is 17.7 Å². The first-order chi connectivity index (χ1) is 9.08. The molecule has 0 atom stereocenters. The molecule has 0 fully saturated rings. The Morgan fingerprint density at radius 2 is 2.00 bits per heavy atom. The van der Waals surface area contributed by atoms with Crippen LogP contribution in [0.4, 0.5) is 8.78 Å². The Morgan fingerprint density at radius 3 is 2.68 bits per heavy atom. The molecule has 1 aromatic heterocycles. The van der Waals surface area contributed by atoms with Crippen molar-refractivity contribution in [3.8, 4) is 0 Å². The van der Waals surface area contributed by atoms with Gasteiger partial charge in [0.1, 0.15) is 22.6 Å². The fourth-order valence-corrected chi connectivity index (χ4v) is 1.88. The number of benzene rings is 1. The molecular weight excluding hydrogens is 274 g/mol. The van der Waals surface area contributed by atoms with Gasteiger partial charge in [-0.25, -0.2) is 18.7 Å². The predicted octanol–water partition coefficient (Wildman–Crippen LogP) is 3.15. The summed E-state index contributed by atoms with van der Waals surface area (Å²) in [6, 6.07) is 4.97. The largest absolute Gasteiger partial charge is 0.378 e. The van der Waals surface area contributed by atoms with Gasteiger partial charge in [-0.15, -0.1) is 0 Å². The average Bonchev–Trinajstić information content (AvgIpc) is 2.32. The number of ether oxygens (including phenoxy) is 1. The second kappa shape index (κ2) is 6.04. The summed E-state index contributed by atoms with van der Waals surface area (Å²) in [7, 11) is 1.54. The van der Waals surface area contributed by atoms with Crippen LogP contribution in [0.1, 0.15) is 17.1 Å². The van der Waals surface area contributed by atoms with Crippen LogP contribution in [-0.2, 0) is 17.8 Å². The Balaban J connectivity index is 2.27. The summed E-state index contributed by atoms with van der Waals surface area (Å²) < 4.78 is 31.3. The minimum atomic E-state index is -0.628. The van der Waals surface area contributed by atoms with E-state index in [1.165, 1.54) is 19.2 Å². The Labute approximate surface area is 114 Å². The molecule has 2 rings (SSSR count). The van der Waals surface area contributed by atoms with Crippen LogP contribution in [0, 0.1) is 11.6 Å². The van der Waals surface area contributed by atoms with Crippen molar-refractivity contribution in [2.75, 3.05) is 7.11 Å². The molecule has 100 valence electrons. The summed E-state index contributed by atoms with van der Waals surface area (Å²) in [5.74, 6) is -0.879. The molecule has 19 heavy (non-hydrogen) atoms. The van der Waals surface area contributed by atoms with Crippen molar-refractivity contribution < 1.29 is 13.5 Å². The standard InChI is InChI=1S/C13H11ClF2N2O/c1-19-7-10-6-12(14)18-13(17-10)4-8-2-3-9(15)5-11(8)16/h2-3,5-6H,4,7H2,1H3. The van der Waals surface area contributed by atoms with E-state index in [2.05, 4.69) is 9.97 Å². The molecule has 0 aliphatic rings. The van der Waals surface area contributed by atoms with Crippen LogP contribution in [0.15, 0.2) is 24.3 Å². The Bertz CT molecular complexity index is 593. The third-order valence-corrected chi connectivity index (χ3v) is 2.64. The molecule has 0 radical (unpaired) electrons. The monoisotopic (exact) mass is 284 g/mol. The molecular formula is C13H11ClF2N2O. The number of nitrogens with zero attached hydrogens (tertiary/aromatic N) is 2. The van der Waals surface area contributed by atoms with Crippen LogP contribution in [0.3, 0.4) is 0 Å². The lowest BCUT2D eigenvalue weighted by atomic mass is 10.1. The lowest BCUT2D eigenvalue weighted by molar-refractivity contribution is 0.181. The molecule has 1 aromatic carbocycles. The summed E-state index contributed by atoms with van der Waals surface area (Å²) in [6.07, 6.45) is 0.142. The van der Waals surface area contributed by atoms with Crippen LogP contribution < -0.4 is 0 Å². The summed E-state index contributed by atoms with van der Waals surface area (Å²) in [6.45, 7) is 0.293. The SMILES string of the molecule is COCc1cc(Cl)nc(Cc2ccc(F)cc2F)n1. The molecule has 0 N–H and O–H groups in total. The second-order valence-corrected chi connectivity index (χ2v) is 4.33. The maximum Gasteiger partial charge on any atom is 0.134 e. The number of rotatable bonds is 4. The topological polar surface area (TPSA) is 35.0 Å². The van der Waals surface area contributed by atoms with Crippen molar-refractivity contribution >= 4 is 11.6 Å². The highest BCUT2D eigenvalue weighted by molar-refractivity contribution is 6.29. The third-order valence-electron chi connectivity index (χ3n) is 2.45. The van der Waals surface area contributed by atoms with Crippen LogP contribution >= 0.6 is 11.6 Å². The van der Waals surface area contributed by atoms with Gasteiger partial charge in [-0.3, -0.25) is 0 Å². The first-order valence-electron chi connectivity index (χ1n) is 5.53. The van der Waals surface area contributed by atoms with Gasteiger partial charge in [0, 0.05) is 19.6 Å². The van der Waals surface area contributed by atoms with Crippen LogP contribution in [-0.4, -0.2) is 17.1 Å². The highest BCUT2D eigenvalue weighted by atomic mass is 35.5. The van der Waals surface area contributed by atoms with E-state index >= 15 is 0 Å². The molecule has 3 nitrogen and oxygen atoms in total. The van der Waals surface area contributed by atoms with Gasteiger partial charge in [-0.05, 0) is 17.7 Å². The van der Waals surface area contributed by atoms with Crippen molar-refractivity contribution in [1.82, 2.24) is 9.97 Å². The number of hydrogen-bond donors (Lipinski definition) is 0. The zero-order valence-corrected chi connectivity index (χ0v) is 10.9. The van der Waals surface area contributed by atoms with Crippen molar-refractivity contribution in [2.45, 2.75) is 13.0 Å². The smallest absolute Gasteiger partial charge is 0.134 e. The summed E-state index contributed by atoms with van der Waals surface area (Å²) in [5.41, 5.74) is 0.923. The number of methoxy groups -OCH3 is 1. The lowest BCUT2D eigenvalue weighted by Crippen LogP contribution is -2.03. The molecule has 0 amide bonds. The van der Waals surface area contributed by atoms with E-state index in [0.29, 0.717) is 23.7 Å². The zero-order chi connectivity index (χ0) is 13.8. The molecule has 0 spiro atoms. The lowest BCUT2D eigenvalue weighted by Gasteiger charge is -2.05. The quantitative estimate of drug-likeness (QED) is 0.809. The van der Waals surface area contributed by atoms with Crippen LogP contribution in [0.25, 0.3) is 0 Å². The van der Waals surface area contributed by atoms with Gasteiger partial charge in [0.15, 0.2) is 0 Å². The molecule has 0 bridgehead atoms. The number of halogens is 3. The van der Waals surface area contributed by atoms with Gasteiger partial charge >= 0.3 is 0 Å². The summed E-state index contributed by atoms with van der Waals surface area (Å²) in [5, 5.41) is 0.263. The van der Waals surface area contributed by atoms with E-state index in [-0.39, 0.29) is 11.6 Å². The van der Waals surface area contributed by atoms with Gasteiger partial charge in [0.05, 0.1) is 12.3 Å². The normalized spacial score (nSPS) is 10.7. The van der Waals surface area contributed by atoms with E-state index in [9.17, 15) is 8.78 Å². The predicted molar refractivity (Wildman–Crippen MR) is 66.9 cm³/mol. The van der Waals surface area contributed by atoms with Crippen LogP contribution in [0.2, 0.25) is 5.15 Å². The maximum absolute atomic E-state index is 13.5. The Morgan fingerprint density at radius 1 is 1.21 bits per heavy atom. The highest BCUT2D eigenvalue weighted by Crippen LogP contribution is 2.15. The van der Waals surface area contributed by atoms with Crippen LogP contribution in [0.5, 0.6) is 0 Å². The zero-order valence-electron chi connectivity index (χ0n) is 10.2. The van der Waals surface area contributed by atoms with Gasteiger partial charge in [-0.2, -0.15) is 0 Å². The van der Waals surface area contributed by atoms with Crippen molar-refractivity contribution in [2.24, 2.45) is 0 Å². The van der Waals surface area contributed by atoms with Crippen molar-refractivity contribution in [3.05, 3.63) is 58.1 Å². The van der Waals surface area contributed by atoms with Crippen molar-refractivity contribution in [1.29, 1.82) is 0 Å². The molecule has 0 unspecified atom stereocenters. The van der Waals surface area contributed by atoms with Gasteiger partial charge < -0.3 is 4.74 Å². The fourth-order valence-electron chi connectivity index (χ4n) is 1.65. The van der Waals surface area contributed by atoms with E-state index < -0.39 is 11.6 Å². The highest BCUT2D eigenvalue weighted by Gasteiger charge is 2.09. The Kier molecular flexibility index (Phi) is 4.39. The van der Waals surface area contributed by atoms with Gasteiger partial charge in [0.2, 0.25) is 0 Å². The maximum atomic E-state index is 13.5. The molecule has 6 heteroatoms. The molecule has 0 saturated carbocycles. The van der Waals surface area contributed by atoms with E-state index in [1.807, 2.05) is 0 Å². The number of aromatic nitrogens is 2. The first kappa shape index (κ1) is 13.8. The fraction of sp³-hybridized carbons (Fsp3) is 0.231. The van der Waals surface area contributed by atoms with E-state index in [4.69, 9.17) is 16.3 Å². The van der Waals surface area contributed by atoms with Crippen molar-refractivity contribution in [3.63, 3.8) is 0 Å². The number of hydrogen-bond acceptors (Lipinski definition) is 3. The second-order valence-electron chi connectivity index (χ2n) is 3.94. The molecule has 0 aliphatic carbocycles.